The highest BCUT2D eigenvalue weighted by atomic mass is 16.2. The van der Waals surface area contributed by atoms with E-state index >= 15 is 0 Å². The third-order valence-electron chi connectivity index (χ3n) is 2.36. The van der Waals surface area contributed by atoms with Crippen molar-refractivity contribution in [3.63, 3.8) is 0 Å². The maximum Gasteiger partial charge on any atom is 0.0543 e. The summed E-state index contributed by atoms with van der Waals surface area (Å²) >= 11 is 0. The van der Waals surface area contributed by atoms with Gasteiger partial charge < -0.3 is 10.0 Å². The van der Waals surface area contributed by atoms with Crippen molar-refractivity contribution in [2.75, 3.05) is 20.2 Å². The van der Waals surface area contributed by atoms with E-state index in [0.29, 0.717) is 6.61 Å². The molecule has 1 N–H and O–H groups in total. The molecule has 84 valence electrons. The van der Waals surface area contributed by atoms with Crippen molar-refractivity contribution >= 4 is 0 Å². The number of aliphatic hydroxyl groups excluding tert-OH is 1. The van der Waals surface area contributed by atoms with Crippen molar-refractivity contribution in [1.29, 1.82) is 0 Å². The standard InChI is InChI=1S/C12H20N2O/c1-14(9-5-2-6-10-15)11-12-7-3-4-8-13-12/h3-4,7-8,15H,2,5-6,9-11H2,1H3. The summed E-state index contributed by atoms with van der Waals surface area (Å²) in [4.78, 5) is 6.55. The second-order valence-electron chi connectivity index (χ2n) is 3.84. The molecule has 15 heavy (non-hydrogen) atoms. The highest BCUT2D eigenvalue weighted by molar-refractivity contribution is 5.02. The molecule has 0 fully saturated rings. The largest absolute Gasteiger partial charge is 0.396 e. The SMILES string of the molecule is CN(CCCCCO)Cc1ccccn1. The second kappa shape index (κ2) is 7.37. The fourth-order valence-corrected chi connectivity index (χ4v) is 1.52. The molecule has 0 spiro atoms. The highest BCUT2D eigenvalue weighted by Gasteiger charge is 2.00. The van der Waals surface area contributed by atoms with E-state index in [4.69, 9.17) is 5.11 Å². The minimum atomic E-state index is 0.309. The number of pyridine rings is 1. The van der Waals surface area contributed by atoms with Crippen LogP contribution in [0.3, 0.4) is 0 Å². The minimum Gasteiger partial charge on any atom is -0.396 e. The Bertz CT molecular complexity index is 251. The van der Waals surface area contributed by atoms with Gasteiger partial charge in [0.1, 0.15) is 0 Å². The molecule has 0 aliphatic rings. The summed E-state index contributed by atoms with van der Waals surface area (Å²) in [5, 5.41) is 8.64. The van der Waals surface area contributed by atoms with E-state index in [1.165, 1.54) is 0 Å². The van der Waals surface area contributed by atoms with Gasteiger partial charge in [-0.25, -0.2) is 0 Å². The molecule has 0 saturated heterocycles. The lowest BCUT2D eigenvalue weighted by Crippen LogP contribution is -2.19. The number of hydrogen-bond acceptors (Lipinski definition) is 3. The monoisotopic (exact) mass is 208 g/mol. The summed E-state index contributed by atoms with van der Waals surface area (Å²) in [6, 6.07) is 6.00. The number of aromatic nitrogens is 1. The Labute approximate surface area is 91.8 Å². The molecule has 0 saturated carbocycles. The summed E-state index contributed by atoms with van der Waals surface area (Å²) in [6.07, 6.45) is 4.99. The Kier molecular flexibility index (Phi) is 5.97. The van der Waals surface area contributed by atoms with Crippen LogP contribution in [-0.2, 0) is 6.54 Å². The zero-order chi connectivity index (χ0) is 10.9. The van der Waals surface area contributed by atoms with E-state index in [9.17, 15) is 0 Å². The van der Waals surface area contributed by atoms with Crippen LogP contribution in [0.5, 0.6) is 0 Å². The zero-order valence-electron chi connectivity index (χ0n) is 9.39. The molecule has 3 nitrogen and oxygen atoms in total. The van der Waals surface area contributed by atoms with E-state index in [-0.39, 0.29) is 0 Å². The Balaban J connectivity index is 2.16. The third kappa shape index (κ3) is 5.50. The van der Waals surface area contributed by atoms with Gasteiger partial charge >= 0.3 is 0 Å². The number of hydrogen-bond donors (Lipinski definition) is 1. The molecular weight excluding hydrogens is 188 g/mol. The minimum absolute atomic E-state index is 0.309. The van der Waals surface area contributed by atoms with Crippen molar-refractivity contribution in [1.82, 2.24) is 9.88 Å². The van der Waals surface area contributed by atoms with Crippen LogP contribution in [0.4, 0.5) is 0 Å². The summed E-state index contributed by atoms with van der Waals surface area (Å²) < 4.78 is 0. The van der Waals surface area contributed by atoms with Gasteiger partial charge in [0.15, 0.2) is 0 Å². The summed E-state index contributed by atoms with van der Waals surface area (Å²) in [5.74, 6) is 0. The molecule has 1 aromatic rings. The van der Waals surface area contributed by atoms with Crippen LogP contribution in [-0.4, -0.2) is 35.2 Å². The van der Waals surface area contributed by atoms with E-state index in [0.717, 1.165) is 38.0 Å². The average Bonchev–Trinajstić information content (AvgIpc) is 2.26. The Morgan fingerprint density at radius 1 is 1.27 bits per heavy atom. The van der Waals surface area contributed by atoms with Crippen molar-refractivity contribution in [2.45, 2.75) is 25.8 Å². The number of rotatable bonds is 7. The van der Waals surface area contributed by atoms with Gasteiger partial charge in [0.05, 0.1) is 5.69 Å². The molecule has 0 radical (unpaired) electrons. The molecule has 0 aliphatic carbocycles. The summed E-state index contributed by atoms with van der Waals surface area (Å²) in [7, 11) is 2.10. The number of aliphatic hydroxyl groups is 1. The topological polar surface area (TPSA) is 36.4 Å². The van der Waals surface area contributed by atoms with Crippen LogP contribution >= 0.6 is 0 Å². The van der Waals surface area contributed by atoms with Gasteiger partial charge in [0, 0.05) is 19.3 Å². The molecule has 0 aromatic carbocycles. The van der Waals surface area contributed by atoms with Crippen molar-refractivity contribution < 1.29 is 5.11 Å². The van der Waals surface area contributed by atoms with Crippen LogP contribution in [0.1, 0.15) is 25.0 Å². The van der Waals surface area contributed by atoms with Crippen molar-refractivity contribution in [3.8, 4) is 0 Å². The van der Waals surface area contributed by atoms with Gasteiger partial charge in [-0.05, 0) is 45.0 Å². The van der Waals surface area contributed by atoms with E-state index < -0.39 is 0 Å². The van der Waals surface area contributed by atoms with Gasteiger partial charge in [-0.2, -0.15) is 0 Å². The van der Waals surface area contributed by atoms with Crippen molar-refractivity contribution in [2.24, 2.45) is 0 Å². The van der Waals surface area contributed by atoms with E-state index in [1.807, 2.05) is 24.4 Å². The maximum atomic E-state index is 8.64. The average molecular weight is 208 g/mol. The van der Waals surface area contributed by atoms with Crippen LogP contribution < -0.4 is 0 Å². The van der Waals surface area contributed by atoms with E-state index in [1.54, 1.807) is 0 Å². The molecule has 1 heterocycles. The lowest BCUT2D eigenvalue weighted by molar-refractivity contribution is 0.270. The molecule has 1 aromatic heterocycles. The lowest BCUT2D eigenvalue weighted by Gasteiger charge is -2.15. The predicted molar refractivity (Wildman–Crippen MR) is 61.5 cm³/mol. The van der Waals surface area contributed by atoms with Crippen LogP contribution in [0.2, 0.25) is 0 Å². The Hall–Kier alpha value is -0.930. The number of nitrogens with zero attached hydrogens (tertiary/aromatic N) is 2. The quantitative estimate of drug-likeness (QED) is 0.693. The third-order valence-corrected chi connectivity index (χ3v) is 2.36. The van der Waals surface area contributed by atoms with Crippen LogP contribution in [0.25, 0.3) is 0 Å². The second-order valence-corrected chi connectivity index (χ2v) is 3.84. The smallest absolute Gasteiger partial charge is 0.0543 e. The predicted octanol–water partition coefficient (Wildman–Crippen LogP) is 1.68. The van der Waals surface area contributed by atoms with Gasteiger partial charge in [-0.15, -0.1) is 0 Å². The van der Waals surface area contributed by atoms with Gasteiger partial charge in [0.2, 0.25) is 0 Å². The van der Waals surface area contributed by atoms with Gasteiger partial charge in [-0.3, -0.25) is 4.98 Å². The Morgan fingerprint density at radius 2 is 2.13 bits per heavy atom. The zero-order valence-corrected chi connectivity index (χ0v) is 9.39. The van der Waals surface area contributed by atoms with Gasteiger partial charge in [-0.1, -0.05) is 6.07 Å². The molecule has 0 atom stereocenters. The molecular formula is C12H20N2O. The highest BCUT2D eigenvalue weighted by Crippen LogP contribution is 2.01. The molecule has 0 aliphatic heterocycles. The molecule has 0 bridgehead atoms. The maximum absolute atomic E-state index is 8.64. The summed E-state index contributed by atoms with van der Waals surface area (Å²) in [6.45, 7) is 2.28. The molecule has 3 heteroatoms. The molecule has 0 unspecified atom stereocenters. The van der Waals surface area contributed by atoms with Gasteiger partial charge in [0.25, 0.3) is 0 Å². The fraction of sp³-hybridized carbons (Fsp3) is 0.583. The first-order valence-electron chi connectivity index (χ1n) is 5.52. The fourth-order valence-electron chi connectivity index (χ4n) is 1.52. The first kappa shape index (κ1) is 12.1. The normalized spacial score (nSPS) is 10.9. The first-order chi connectivity index (χ1) is 7.33. The molecule has 0 amide bonds. The van der Waals surface area contributed by atoms with Crippen LogP contribution in [0.15, 0.2) is 24.4 Å². The summed E-state index contributed by atoms with van der Waals surface area (Å²) in [5.41, 5.74) is 1.11. The van der Waals surface area contributed by atoms with Crippen LogP contribution in [0, 0.1) is 0 Å². The van der Waals surface area contributed by atoms with E-state index in [2.05, 4.69) is 16.9 Å². The first-order valence-corrected chi connectivity index (χ1v) is 5.52. The Morgan fingerprint density at radius 3 is 2.80 bits per heavy atom. The number of unbranched alkanes of at least 4 members (excludes halogenated alkanes) is 2. The lowest BCUT2D eigenvalue weighted by atomic mass is 10.2. The van der Waals surface area contributed by atoms with Crippen molar-refractivity contribution in [3.05, 3.63) is 30.1 Å². The molecule has 1 rings (SSSR count).